The third-order valence-electron chi connectivity index (χ3n) is 5.19. The van der Waals surface area contributed by atoms with Gasteiger partial charge in [0.15, 0.2) is 5.78 Å². The van der Waals surface area contributed by atoms with E-state index in [9.17, 15) is 4.79 Å². The summed E-state index contributed by atoms with van der Waals surface area (Å²) in [5, 5.41) is 2.09. The Morgan fingerprint density at radius 2 is 1.37 bits per heavy atom. The monoisotopic (exact) mass is 530 g/mol. The number of carbonyl (C=O) groups is 1. The van der Waals surface area contributed by atoms with E-state index in [0.29, 0.717) is 32.6 Å². The van der Waals surface area contributed by atoms with Gasteiger partial charge in [-0.2, -0.15) is 0 Å². The van der Waals surface area contributed by atoms with Crippen LogP contribution in [0.25, 0.3) is 0 Å². The van der Waals surface area contributed by atoms with Crippen molar-refractivity contribution in [2.45, 2.75) is 110 Å². The molecular formula is C28H42O4SSi2. The number of hydrogen-bond donors (Lipinski definition) is 0. The number of ether oxygens (including phenoxy) is 1. The summed E-state index contributed by atoms with van der Waals surface area (Å²) < 4.78 is 19.2. The van der Waals surface area contributed by atoms with Crippen molar-refractivity contribution in [2.24, 2.45) is 0 Å². The Labute approximate surface area is 222 Å². The van der Waals surface area contributed by atoms with Gasteiger partial charge in [0.05, 0.1) is 11.2 Å². The standard InChI is InChI=1S/C28H42O4SSi2/c1-12-24(29)19-15-21(33-18-19)17-30-20-13-14-22(27(8,9)31-34-25(2,3)4)23(16-20)28(10,11)32-35-26(5,6)7/h13-16,18H,12,17H2,1-11H3. The molecule has 0 spiro atoms. The summed E-state index contributed by atoms with van der Waals surface area (Å²) in [5.74, 6) is 0.946. The second-order valence-corrected chi connectivity index (χ2v) is 16.8. The summed E-state index contributed by atoms with van der Waals surface area (Å²) in [7, 11) is 0.728. The molecule has 7 heteroatoms. The summed E-state index contributed by atoms with van der Waals surface area (Å²) in [6, 6.07) is 8.16. The molecule has 0 saturated heterocycles. The number of benzene rings is 1. The minimum Gasteiger partial charge on any atom is -0.488 e. The molecule has 0 aliphatic rings. The third-order valence-corrected chi connectivity index (χ3v) is 8.55. The van der Waals surface area contributed by atoms with Crippen molar-refractivity contribution in [1.29, 1.82) is 0 Å². The van der Waals surface area contributed by atoms with Crippen LogP contribution in [0.15, 0.2) is 29.6 Å². The summed E-state index contributed by atoms with van der Waals surface area (Å²) in [5.41, 5.74) is 1.95. The minimum atomic E-state index is -0.518. The zero-order chi connectivity index (χ0) is 26.7. The zero-order valence-corrected chi connectivity index (χ0v) is 26.2. The molecule has 35 heavy (non-hydrogen) atoms. The van der Waals surface area contributed by atoms with Gasteiger partial charge in [0, 0.05) is 22.2 Å². The van der Waals surface area contributed by atoms with Crippen molar-refractivity contribution in [1.82, 2.24) is 0 Å². The van der Waals surface area contributed by atoms with Crippen molar-refractivity contribution in [2.75, 3.05) is 0 Å². The summed E-state index contributed by atoms with van der Waals surface area (Å²) in [6.07, 6.45) is 0.514. The van der Waals surface area contributed by atoms with Gasteiger partial charge in [0.1, 0.15) is 12.4 Å². The molecule has 0 amide bonds. The molecule has 192 valence electrons. The maximum atomic E-state index is 12.0. The average Bonchev–Trinajstić information content (AvgIpc) is 3.22. The van der Waals surface area contributed by atoms with Gasteiger partial charge in [-0.05, 0) is 67.1 Å². The number of hydrogen-bond acceptors (Lipinski definition) is 5. The predicted molar refractivity (Wildman–Crippen MR) is 149 cm³/mol. The summed E-state index contributed by atoms with van der Waals surface area (Å²) in [6.45, 7) is 24.0. The van der Waals surface area contributed by atoms with Crippen LogP contribution in [-0.2, 0) is 26.7 Å². The van der Waals surface area contributed by atoms with E-state index in [2.05, 4.69) is 81.4 Å². The highest BCUT2D eigenvalue weighted by Crippen LogP contribution is 2.40. The second kappa shape index (κ2) is 11.4. The topological polar surface area (TPSA) is 44.8 Å². The molecule has 2 rings (SSSR count). The Bertz CT molecular complexity index is 997. The Balaban J connectivity index is 2.36. The number of Topliss-reactive ketones (excluding diaryl/α,β-unsaturated/α-hetero) is 1. The fourth-order valence-electron chi connectivity index (χ4n) is 3.27. The van der Waals surface area contributed by atoms with Crippen LogP contribution in [0.2, 0.25) is 10.1 Å². The lowest BCUT2D eigenvalue weighted by Crippen LogP contribution is -2.34. The largest absolute Gasteiger partial charge is 0.488 e. The molecule has 1 heterocycles. The second-order valence-electron chi connectivity index (χ2n) is 12.0. The third kappa shape index (κ3) is 9.28. The molecule has 0 aliphatic carbocycles. The van der Waals surface area contributed by atoms with Crippen molar-refractivity contribution in [3.63, 3.8) is 0 Å². The number of carbonyl (C=O) groups excluding carboxylic acids is 1. The Kier molecular flexibility index (Phi) is 9.78. The number of ketones is 1. The van der Waals surface area contributed by atoms with E-state index >= 15 is 0 Å². The van der Waals surface area contributed by atoms with Gasteiger partial charge in [-0.1, -0.05) is 54.5 Å². The lowest BCUT2D eigenvalue weighted by Gasteiger charge is -2.37. The lowest BCUT2D eigenvalue weighted by atomic mass is 9.85. The quantitative estimate of drug-likeness (QED) is 0.217. The average molecular weight is 531 g/mol. The highest BCUT2D eigenvalue weighted by Gasteiger charge is 2.34. The molecule has 4 radical (unpaired) electrons. The fourth-order valence-corrected chi connectivity index (χ4v) is 5.41. The van der Waals surface area contributed by atoms with Crippen molar-refractivity contribution >= 4 is 36.6 Å². The molecule has 0 unspecified atom stereocenters. The molecule has 0 saturated carbocycles. The van der Waals surface area contributed by atoms with E-state index in [1.54, 1.807) is 11.3 Å². The first-order chi connectivity index (χ1) is 15.9. The predicted octanol–water partition coefficient (Wildman–Crippen LogP) is 8.10. The summed E-state index contributed by atoms with van der Waals surface area (Å²) >= 11 is 1.56. The van der Waals surface area contributed by atoms with Crippen LogP contribution >= 0.6 is 11.3 Å². The maximum Gasteiger partial charge on any atom is 0.236 e. The molecule has 0 N–H and O–H groups in total. The maximum absolute atomic E-state index is 12.0. The highest BCUT2D eigenvalue weighted by molar-refractivity contribution is 7.10. The Hall–Kier alpha value is -1.26. The Morgan fingerprint density at radius 1 is 0.829 bits per heavy atom. The van der Waals surface area contributed by atoms with Gasteiger partial charge in [0.2, 0.25) is 19.5 Å². The van der Waals surface area contributed by atoms with Gasteiger partial charge in [0.25, 0.3) is 0 Å². The molecule has 0 fully saturated rings. The van der Waals surface area contributed by atoms with E-state index in [1.807, 2.05) is 24.4 Å². The molecule has 0 bridgehead atoms. The first-order valence-electron chi connectivity index (χ1n) is 12.2. The number of rotatable bonds is 11. The molecular weight excluding hydrogens is 489 g/mol. The van der Waals surface area contributed by atoms with E-state index in [0.717, 1.165) is 27.3 Å². The molecule has 2 aromatic rings. The van der Waals surface area contributed by atoms with Crippen molar-refractivity contribution < 1.29 is 18.4 Å². The van der Waals surface area contributed by atoms with E-state index in [1.165, 1.54) is 0 Å². The van der Waals surface area contributed by atoms with Crippen LogP contribution in [0.3, 0.4) is 0 Å². The SMILES string of the molecule is CCC(=O)c1csc(COc2ccc(C(C)(C)O[Si]C(C)(C)C)c(C(C)(C)O[Si]C(C)(C)C)c2)c1. The van der Waals surface area contributed by atoms with Crippen molar-refractivity contribution in [3.8, 4) is 5.75 Å². The fraction of sp³-hybridized carbons (Fsp3) is 0.607. The van der Waals surface area contributed by atoms with Crippen LogP contribution in [0.1, 0.15) is 109 Å². The van der Waals surface area contributed by atoms with Crippen LogP contribution in [0.5, 0.6) is 5.75 Å². The normalized spacial score (nSPS) is 13.2. The van der Waals surface area contributed by atoms with Crippen molar-refractivity contribution in [3.05, 3.63) is 51.2 Å². The van der Waals surface area contributed by atoms with Gasteiger partial charge in [-0.25, -0.2) is 0 Å². The Morgan fingerprint density at radius 3 is 1.89 bits per heavy atom. The van der Waals surface area contributed by atoms with Crippen LogP contribution < -0.4 is 4.74 Å². The minimum absolute atomic E-state index is 0.0813. The number of thiophene rings is 1. The molecule has 4 nitrogen and oxygen atoms in total. The molecule has 0 aliphatic heterocycles. The highest BCUT2D eigenvalue weighted by atomic mass is 32.1. The van der Waals surface area contributed by atoms with Crippen LogP contribution in [0.4, 0.5) is 0 Å². The molecule has 0 atom stereocenters. The van der Waals surface area contributed by atoms with E-state index in [4.69, 9.17) is 13.6 Å². The summed E-state index contributed by atoms with van der Waals surface area (Å²) in [4.78, 5) is 13.0. The van der Waals surface area contributed by atoms with Gasteiger partial charge in [-0.3, -0.25) is 4.79 Å². The van der Waals surface area contributed by atoms with Gasteiger partial charge in [-0.15, -0.1) is 11.3 Å². The van der Waals surface area contributed by atoms with E-state index < -0.39 is 11.2 Å². The smallest absolute Gasteiger partial charge is 0.236 e. The van der Waals surface area contributed by atoms with Gasteiger partial charge >= 0.3 is 0 Å². The zero-order valence-electron chi connectivity index (χ0n) is 23.3. The lowest BCUT2D eigenvalue weighted by molar-refractivity contribution is 0.0826. The van der Waals surface area contributed by atoms with Gasteiger partial charge < -0.3 is 13.6 Å². The molecule has 1 aromatic carbocycles. The van der Waals surface area contributed by atoms with E-state index in [-0.39, 0.29) is 15.9 Å². The van der Waals surface area contributed by atoms with Crippen LogP contribution in [0, 0.1) is 0 Å². The molecule has 1 aromatic heterocycles. The first-order valence-corrected chi connectivity index (χ1v) is 14.9. The first kappa shape index (κ1) is 30.0. The van der Waals surface area contributed by atoms with Crippen LogP contribution in [-0.4, -0.2) is 25.3 Å².